The van der Waals surface area contributed by atoms with E-state index in [0.29, 0.717) is 11.0 Å². The van der Waals surface area contributed by atoms with E-state index in [-0.39, 0.29) is 11.6 Å². The summed E-state index contributed by atoms with van der Waals surface area (Å²) in [6, 6.07) is 15.1. The summed E-state index contributed by atoms with van der Waals surface area (Å²) in [7, 11) is 2.00. The number of carboxylic acids is 1. The number of carboxylic acid groups (broad SMARTS) is 1. The zero-order valence-electron chi connectivity index (χ0n) is 14.6. The molecule has 0 amide bonds. The minimum atomic E-state index is -0.965. The molecule has 2 aromatic carbocycles. The van der Waals surface area contributed by atoms with Crippen molar-refractivity contribution >= 4 is 22.8 Å². The predicted molar refractivity (Wildman–Crippen MR) is 100 cm³/mol. The van der Waals surface area contributed by atoms with E-state index >= 15 is 0 Å². The van der Waals surface area contributed by atoms with Crippen LogP contribution in [-0.2, 0) is 0 Å². The molecule has 128 valence electrons. The van der Waals surface area contributed by atoms with Gasteiger partial charge < -0.3 is 10.0 Å². The number of rotatable bonds is 5. The van der Waals surface area contributed by atoms with Crippen LogP contribution >= 0.6 is 0 Å². The Bertz CT molecular complexity index is 909. The van der Waals surface area contributed by atoms with Gasteiger partial charge in [0, 0.05) is 18.7 Å². The highest BCUT2D eigenvalue weighted by Gasteiger charge is 2.18. The number of hydrogen-bond acceptors (Lipinski definition) is 4. The van der Waals surface area contributed by atoms with Crippen molar-refractivity contribution in [3.05, 3.63) is 54.1 Å². The summed E-state index contributed by atoms with van der Waals surface area (Å²) in [5.74, 6) is -0.205. The molecule has 0 saturated heterocycles. The first-order chi connectivity index (χ1) is 12.0. The van der Waals surface area contributed by atoms with Crippen LogP contribution in [0, 0.1) is 0 Å². The van der Waals surface area contributed by atoms with Gasteiger partial charge in [-0.3, -0.25) is 0 Å². The van der Waals surface area contributed by atoms with Crippen LogP contribution in [0.25, 0.3) is 22.3 Å². The van der Waals surface area contributed by atoms with Crippen molar-refractivity contribution in [1.29, 1.82) is 0 Å². The molecule has 1 N–H and O–H groups in total. The van der Waals surface area contributed by atoms with Crippen LogP contribution in [0.1, 0.15) is 30.6 Å². The molecule has 0 saturated carbocycles. The topological polar surface area (TPSA) is 66.3 Å². The Kier molecular flexibility index (Phi) is 4.65. The van der Waals surface area contributed by atoms with E-state index in [9.17, 15) is 9.90 Å². The third-order valence-electron chi connectivity index (χ3n) is 4.53. The third kappa shape index (κ3) is 3.31. The lowest BCUT2D eigenvalue weighted by Crippen LogP contribution is -2.29. The number of benzene rings is 2. The molecule has 0 aliphatic heterocycles. The average Bonchev–Trinajstić information content (AvgIpc) is 2.65. The van der Waals surface area contributed by atoms with Crippen molar-refractivity contribution in [2.24, 2.45) is 0 Å². The van der Waals surface area contributed by atoms with Gasteiger partial charge in [0.1, 0.15) is 5.69 Å². The predicted octanol–water partition coefficient (Wildman–Crippen LogP) is 4.23. The molecule has 0 aliphatic carbocycles. The van der Waals surface area contributed by atoms with Crippen LogP contribution in [0.3, 0.4) is 0 Å². The van der Waals surface area contributed by atoms with Gasteiger partial charge in [-0.25, -0.2) is 14.8 Å². The van der Waals surface area contributed by atoms with Crippen molar-refractivity contribution in [3.8, 4) is 11.3 Å². The number of aromatic nitrogens is 2. The van der Waals surface area contributed by atoms with Crippen LogP contribution in [0.2, 0.25) is 0 Å². The molecule has 0 aliphatic rings. The Morgan fingerprint density at radius 1 is 1.12 bits per heavy atom. The quantitative estimate of drug-likeness (QED) is 0.756. The number of nitrogens with zero attached hydrogens (tertiary/aromatic N) is 3. The fourth-order valence-corrected chi connectivity index (χ4v) is 2.70. The van der Waals surface area contributed by atoms with Gasteiger partial charge in [-0.1, -0.05) is 37.3 Å². The van der Waals surface area contributed by atoms with E-state index < -0.39 is 5.97 Å². The molecule has 5 heteroatoms. The van der Waals surface area contributed by atoms with Crippen molar-refractivity contribution in [3.63, 3.8) is 0 Å². The second-order valence-electron chi connectivity index (χ2n) is 6.14. The van der Waals surface area contributed by atoms with Gasteiger partial charge in [0.05, 0.1) is 16.6 Å². The van der Waals surface area contributed by atoms with Gasteiger partial charge in [-0.15, -0.1) is 0 Å². The molecule has 3 rings (SSSR count). The normalized spacial score (nSPS) is 12.1. The summed E-state index contributed by atoms with van der Waals surface area (Å²) in [6.45, 7) is 4.26. The summed E-state index contributed by atoms with van der Waals surface area (Å²) < 4.78 is 0. The Morgan fingerprint density at radius 2 is 1.84 bits per heavy atom. The molecule has 0 radical (unpaired) electrons. The fourth-order valence-electron chi connectivity index (χ4n) is 2.70. The third-order valence-corrected chi connectivity index (χ3v) is 4.53. The Balaban J connectivity index is 2.25. The number of carbonyl (C=O) groups is 1. The van der Waals surface area contributed by atoms with Crippen LogP contribution in [0.15, 0.2) is 48.5 Å². The molecule has 5 nitrogen and oxygen atoms in total. The highest BCUT2D eigenvalue weighted by molar-refractivity contribution is 5.93. The zero-order valence-corrected chi connectivity index (χ0v) is 14.6. The second kappa shape index (κ2) is 6.89. The SMILES string of the molecule is CCC(C)N(C)c1nc2cc(C(=O)O)ccc2nc1-c1ccccc1. The molecule has 0 spiro atoms. The molecule has 0 fully saturated rings. The van der Waals surface area contributed by atoms with Crippen LogP contribution in [0.5, 0.6) is 0 Å². The van der Waals surface area contributed by atoms with Gasteiger partial charge in [-0.2, -0.15) is 0 Å². The van der Waals surface area contributed by atoms with Gasteiger partial charge in [-0.05, 0) is 31.5 Å². The summed E-state index contributed by atoms with van der Waals surface area (Å²) in [5, 5.41) is 9.22. The fraction of sp³-hybridized carbons (Fsp3) is 0.250. The summed E-state index contributed by atoms with van der Waals surface area (Å²) in [5.41, 5.74) is 3.28. The second-order valence-corrected chi connectivity index (χ2v) is 6.14. The first kappa shape index (κ1) is 16.9. The van der Waals surface area contributed by atoms with Gasteiger partial charge in [0.2, 0.25) is 0 Å². The molecule has 1 unspecified atom stereocenters. The molecule has 3 aromatic rings. The monoisotopic (exact) mass is 335 g/mol. The van der Waals surface area contributed by atoms with E-state index in [1.165, 1.54) is 0 Å². The first-order valence-corrected chi connectivity index (χ1v) is 8.34. The Hall–Kier alpha value is -2.95. The summed E-state index contributed by atoms with van der Waals surface area (Å²) >= 11 is 0. The lowest BCUT2D eigenvalue weighted by molar-refractivity contribution is 0.0697. The van der Waals surface area contributed by atoms with Crippen LogP contribution in [0.4, 0.5) is 5.82 Å². The maximum Gasteiger partial charge on any atom is 0.335 e. The molecule has 1 heterocycles. The lowest BCUT2D eigenvalue weighted by Gasteiger charge is -2.27. The van der Waals surface area contributed by atoms with Crippen LogP contribution < -0.4 is 4.90 Å². The minimum absolute atomic E-state index is 0.214. The Morgan fingerprint density at radius 3 is 2.48 bits per heavy atom. The van der Waals surface area contributed by atoms with Crippen LogP contribution in [-0.4, -0.2) is 34.1 Å². The molecule has 25 heavy (non-hydrogen) atoms. The average molecular weight is 335 g/mol. The molecule has 1 aromatic heterocycles. The maximum atomic E-state index is 11.2. The Labute approximate surface area is 147 Å². The molecular formula is C20H21N3O2. The van der Waals surface area contributed by atoms with Crippen molar-refractivity contribution < 1.29 is 9.90 Å². The molecule has 1 atom stereocenters. The van der Waals surface area contributed by atoms with E-state index in [1.807, 2.05) is 37.4 Å². The number of hydrogen-bond donors (Lipinski definition) is 1. The minimum Gasteiger partial charge on any atom is -0.478 e. The maximum absolute atomic E-state index is 11.2. The van der Waals surface area contributed by atoms with Gasteiger partial charge >= 0.3 is 5.97 Å². The molecular weight excluding hydrogens is 314 g/mol. The molecule has 0 bridgehead atoms. The van der Waals surface area contributed by atoms with Gasteiger partial charge in [0.25, 0.3) is 0 Å². The largest absolute Gasteiger partial charge is 0.478 e. The van der Waals surface area contributed by atoms with Crippen molar-refractivity contribution in [2.75, 3.05) is 11.9 Å². The van der Waals surface area contributed by atoms with E-state index in [4.69, 9.17) is 9.97 Å². The first-order valence-electron chi connectivity index (χ1n) is 8.34. The van der Waals surface area contributed by atoms with E-state index in [0.717, 1.165) is 23.5 Å². The van der Waals surface area contributed by atoms with Crippen molar-refractivity contribution in [1.82, 2.24) is 9.97 Å². The smallest absolute Gasteiger partial charge is 0.335 e. The summed E-state index contributed by atoms with van der Waals surface area (Å²) in [6.07, 6.45) is 0.972. The lowest BCUT2D eigenvalue weighted by atomic mass is 10.1. The summed E-state index contributed by atoms with van der Waals surface area (Å²) in [4.78, 5) is 22.9. The number of fused-ring (bicyclic) bond motifs is 1. The van der Waals surface area contributed by atoms with E-state index in [1.54, 1.807) is 18.2 Å². The standard InChI is InChI=1S/C20H21N3O2/c1-4-13(2)23(3)19-18(14-8-6-5-7-9-14)21-16-11-10-15(20(24)25)12-17(16)22-19/h5-13H,4H2,1-3H3,(H,24,25). The highest BCUT2D eigenvalue weighted by atomic mass is 16.4. The van der Waals surface area contributed by atoms with E-state index in [2.05, 4.69) is 18.7 Å². The zero-order chi connectivity index (χ0) is 18.0. The number of anilines is 1. The number of aromatic carboxylic acids is 1. The van der Waals surface area contributed by atoms with Crippen molar-refractivity contribution in [2.45, 2.75) is 26.3 Å². The highest BCUT2D eigenvalue weighted by Crippen LogP contribution is 2.30. The van der Waals surface area contributed by atoms with Gasteiger partial charge in [0.15, 0.2) is 5.82 Å².